The Bertz CT molecular complexity index is 525. The summed E-state index contributed by atoms with van der Waals surface area (Å²) in [7, 11) is 0. The van der Waals surface area contributed by atoms with Crippen molar-refractivity contribution in [3.63, 3.8) is 0 Å². The molecule has 0 saturated carbocycles. The van der Waals surface area contributed by atoms with Gasteiger partial charge in [-0.2, -0.15) is 13.2 Å². The van der Waals surface area contributed by atoms with Crippen molar-refractivity contribution in [2.24, 2.45) is 0 Å². The van der Waals surface area contributed by atoms with E-state index in [2.05, 4.69) is 4.98 Å². The molecule has 0 aromatic carbocycles. The van der Waals surface area contributed by atoms with Crippen LogP contribution >= 0.6 is 23.2 Å². The molecule has 0 aliphatic carbocycles. The zero-order valence-electron chi connectivity index (χ0n) is 11.9. The fraction of sp³-hybridized carbons (Fsp3) is 0.643. The van der Waals surface area contributed by atoms with Crippen LogP contribution in [0.1, 0.15) is 31.2 Å². The summed E-state index contributed by atoms with van der Waals surface area (Å²) in [6.45, 7) is 2.69. The minimum atomic E-state index is -4.60. The number of nitrogens with zero attached hydrogens (tertiary/aromatic N) is 3. The number of hydrogen-bond acceptors (Lipinski definition) is 3. The van der Waals surface area contributed by atoms with E-state index in [1.165, 1.54) is 0 Å². The fourth-order valence-corrected chi connectivity index (χ4v) is 3.82. The molecule has 0 spiro atoms. The Labute approximate surface area is 137 Å². The van der Waals surface area contributed by atoms with Crippen LogP contribution in [0.5, 0.6) is 0 Å². The van der Waals surface area contributed by atoms with Gasteiger partial charge in [-0.1, -0.05) is 23.2 Å². The number of pyridine rings is 1. The first-order chi connectivity index (χ1) is 10.4. The van der Waals surface area contributed by atoms with Gasteiger partial charge in [-0.3, -0.25) is 0 Å². The summed E-state index contributed by atoms with van der Waals surface area (Å²) in [5, 5.41) is -0.773. The minimum absolute atomic E-state index is 0.206. The van der Waals surface area contributed by atoms with E-state index in [0.29, 0.717) is 26.2 Å². The van der Waals surface area contributed by atoms with Crippen LogP contribution in [0, 0.1) is 0 Å². The third-order valence-electron chi connectivity index (χ3n) is 4.14. The van der Waals surface area contributed by atoms with E-state index in [9.17, 15) is 13.2 Å². The van der Waals surface area contributed by atoms with Gasteiger partial charge in [0, 0.05) is 26.2 Å². The first kappa shape index (κ1) is 16.0. The Balaban J connectivity index is 2.15. The van der Waals surface area contributed by atoms with Crippen LogP contribution in [0.4, 0.5) is 24.8 Å². The highest BCUT2D eigenvalue weighted by Gasteiger charge is 2.40. The molecule has 0 bridgehead atoms. The topological polar surface area (TPSA) is 19.4 Å². The highest BCUT2D eigenvalue weighted by Crippen LogP contribution is 2.47. The molecule has 0 amide bonds. The Morgan fingerprint density at radius 3 is 1.45 bits per heavy atom. The summed E-state index contributed by atoms with van der Waals surface area (Å²) >= 11 is 12.1. The van der Waals surface area contributed by atoms with Gasteiger partial charge in [0.1, 0.15) is 5.56 Å². The highest BCUT2D eigenvalue weighted by molar-refractivity contribution is 6.39. The standard InChI is InChI=1S/C14H16Cl2F3N3/c15-10-9(14(17,18)19)11(16)13(22-7-3-4-8-22)20-12(10)21-5-1-2-6-21/h1-8H2. The van der Waals surface area contributed by atoms with Crippen molar-refractivity contribution in [3.8, 4) is 0 Å². The normalized spacial score (nSPS) is 19.3. The highest BCUT2D eigenvalue weighted by atomic mass is 35.5. The van der Waals surface area contributed by atoms with Crippen molar-refractivity contribution >= 4 is 34.8 Å². The lowest BCUT2D eigenvalue weighted by Gasteiger charge is -2.26. The lowest BCUT2D eigenvalue weighted by atomic mass is 10.2. The predicted molar refractivity (Wildman–Crippen MR) is 82.2 cm³/mol. The van der Waals surface area contributed by atoms with E-state index in [4.69, 9.17) is 23.2 Å². The van der Waals surface area contributed by atoms with Crippen LogP contribution in [0.2, 0.25) is 10.0 Å². The van der Waals surface area contributed by atoms with E-state index in [0.717, 1.165) is 25.7 Å². The number of aromatic nitrogens is 1. The zero-order chi connectivity index (χ0) is 15.9. The second-order valence-electron chi connectivity index (χ2n) is 5.65. The van der Waals surface area contributed by atoms with Crippen molar-refractivity contribution in [1.29, 1.82) is 0 Å². The van der Waals surface area contributed by atoms with Crippen LogP contribution < -0.4 is 9.80 Å². The van der Waals surface area contributed by atoms with E-state index < -0.39 is 11.7 Å². The number of rotatable bonds is 2. The molecule has 0 atom stereocenters. The Kier molecular flexibility index (Phi) is 4.34. The van der Waals surface area contributed by atoms with Gasteiger partial charge in [0.25, 0.3) is 0 Å². The Morgan fingerprint density at radius 1 is 0.773 bits per heavy atom. The van der Waals surface area contributed by atoms with Gasteiger partial charge in [0.05, 0.1) is 10.0 Å². The van der Waals surface area contributed by atoms with Crippen molar-refractivity contribution in [2.45, 2.75) is 31.9 Å². The van der Waals surface area contributed by atoms with E-state index in [1.807, 2.05) is 9.80 Å². The van der Waals surface area contributed by atoms with E-state index in [-0.39, 0.29) is 21.7 Å². The van der Waals surface area contributed by atoms with Crippen molar-refractivity contribution < 1.29 is 13.2 Å². The van der Waals surface area contributed by atoms with E-state index >= 15 is 0 Å². The number of anilines is 2. The minimum Gasteiger partial charge on any atom is -0.355 e. The van der Waals surface area contributed by atoms with Gasteiger partial charge in [0.15, 0.2) is 11.6 Å². The molecular weight excluding hydrogens is 338 g/mol. The Hall–Kier alpha value is -0.880. The molecule has 22 heavy (non-hydrogen) atoms. The molecule has 2 aliphatic heterocycles. The van der Waals surface area contributed by atoms with Crippen LogP contribution in [0.15, 0.2) is 0 Å². The van der Waals surface area contributed by atoms with Gasteiger partial charge in [-0.05, 0) is 25.7 Å². The Morgan fingerprint density at radius 2 is 1.14 bits per heavy atom. The SMILES string of the molecule is FC(F)(F)c1c(Cl)c(N2CCCC2)nc(N2CCCC2)c1Cl. The summed E-state index contributed by atoms with van der Waals surface area (Å²) < 4.78 is 40.2. The molecule has 1 aromatic heterocycles. The summed E-state index contributed by atoms with van der Waals surface area (Å²) in [4.78, 5) is 8.02. The van der Waals surface area contributed by atoms with Gasteiger partial charge in [-0.25, -0.2) is 4.98 Å². The van der Waals surface area contributed by atoms with Crippen LogP contribution in [0.3, 0.4) is 0 Å². The van der Waals surface area contributed by atoms with Crippen molar-refractivity contribution in [1.82, 2.24) is 4.98 Å². The number of halogens is 5. The maximum absolute atomic E-state index is 13.4. The summed E-state index contributed by atoms with van der Waals surface area (Å²) in [5.41, 5.74) is -0.963. The molecule has 3 rings (SSSR count). The molecule has 2 fully saturated rings. The molecular formula is C14H16Cl2F3N3. The number of hydrogen-bond donors (Lipinski definition) is 0. The quantitative estimate of drug-likeness (QED) is 0.773. The lowest BCUT2D eigenvalue weighted by molar-refractivity contribution is -0.137. The molecule has 2 aliphatic rings. The lowest BCUT2D eigenvalue weighted by Crippen LogP contribution is -2.25. The van der Waals surface area contributed by atoms with Crippen molar-refractivity contribution in [2.75, 3.05) is 36.0 Å². The largest absolute Gasteiger partial charge is 0.419 e. The van der Waals surface area contributed by atoms with Crippen LogP contribution in [-0.2, 0) is 6.18 Å². The smallest absolute Gasteiger partial charge is 0.355 e. The first-order valence-corrected chi connectivity index (χ1v) is 8.11. The predicted octanol–water partition coefficient (Wildman–Crippen LogP) is 4.61. The molecule has 1 aromatic rings. The maximum Gasteiger partial charge on any atom is 0.419 e. The molecule has 0 N–H and O–H groups in total. The second kappa shape index (κ2) is 5.96. The molecule has 8 heteroatoms. The van der Waals surface area contributed by atoms with E-state index in [1.54, 1.807) is 0 Å². The van der Waals surface area contributed by atoms with Crippen LogP contribution in [0.25, 0.3) is 0 Å². The molecule has 0 unspecified atom stereocenters. The van der Waals surface area contributed by atoms with Gasteiger partial charge in [-0.15, -0.1) is 0 Å². The third kappa shape index (κ3) is 2.83. The van der Waals surface area contributed by atoms with Crippen LogP contribution in [-0.4, -0.2) is 31.2 Å². The zero-order valence-corrected chi connectivity index (χ0v) is 13.4. The average Bonchev–Trinajstić information content (AvgIpc) is 3.10. The van der Waals surface area contributed by atoms with Gasteiger partial charge in [0.2, 0.25) is 0 Å². The van der Waals surface area contributed by atoms with Gasteiger partial charge >= 0.3 is 6.18 Å². The first-order valence-electron chi connectivity index (χ1n) is 7.35. The molecule has 0 radical (unpaired) electrons. The molecule has 3 heterocycles. The van der Waals surface area contributed by atoms with Crippen molar-refractivity contribution in [3.05, 3.63) is 15.6 Å². The molecule has 3 nitrogen and oxygen atoms in total. The molecule has 2 saturated heterocycles. The number of alkyl halides is 3. The summed E-state index contributed by atoms with van der Waals surface area (Å²) in [6, 6.07) is 0. The van der Waals surface area contributed by atoms with Gasteiger partial charge < -0.3 is 9.80 Å². The summed E-state index contributed by atoms with van der Waals surface area (Å²) in [6.07, 6.45) is -0.871. The maximum atomic E-state index is 13.4. The monoisotopic (exact) mass is 353 g/mol. The summed E-state index contributed by atoms with van der Waals surface area (Å²) in [5.74, 6) is 0.413. The molecule has 122 valence electrons. The second-order valence-corrected chi connectivity index (χ2v) is 6.40. The fourth-order valence-electron chi connectivity index (χ4n) is 3.04. The third-order valence-corrected chi connectivity index (χ3v) is 4.85. The average molecular weight is 354 g/mol.